The smallest absolute Gasteiger partial charge is 0.341 e. The van der Waals surface area contributed by atoms with Crippen LogP contribution in [0.2, 0.25) is 0 Å². The van der Waals surface area contributed by atoms with Crippen molar-refractivity contribution in [1.82, 2.24) is 5.32 Å². The number of rotatable bonds is 7. The van der Waals surface area contributed by atoms with Gasteiger partial charge in [0.2, 0.25) is 5.91 Å². The number of carbonyl (C=O) groups excluding carboxylic acids is 1. The van der Waals surface area contributed by atoms with E-state index in [1.54, 1.807) is 12.1 Å². The number of aliphatic carboxylic acids is 1. The number of carbonyl (C=O) groups is 2. The van der Waals surface area contributed by atoms with Crippen LogP contribution in [0.25, 0.3) is 0 Å². The molecule has 0 radical (unpaired) electrons. The molecular formula is C15H19NO4. The zero-order valence-electron chi connectivity index (χ0n) is 11.5. The van der Waals surface area contributed by atoms with Crippen LogP contribution in [-0.4, -0.2) is 30.1 Å². The van der Waals surface area contributed by atoms with Crippen molar-refractivity contribution >= 4 is 11.9 Å². The summed E-state index contributed by atoms with van der Waals surface area (Å²) < 4.78 is 5.05. The van der Waals surface area contributed by atoms with E-state index in [4.69, 9.17) is 9.84 Å². The summed E-state index contributed by atoms with van der Waals surface area (Å²) in [6, 6.07) is 7.23. The van der Waals surface area contributed by atoms with Crippen molar-refractivity contribution in [3.05, 3.63) is 29.8 Å². The SMILES string of the molecule is C[C@H]1C[C@@H]1C(=O)NCCc1ccc(OCC(=O)O)cc1. The molecule has 0 aliphatic heterocycles. The van der Waals surface area contributed by atoms with Crippen molar-refractivity contribution in [3.63, 3.8) is 0 Å². The van der Waals surface area contributed by atoms with Gasteiger partial charge in [0.15, 0.2) is 6.61 Å². The van der Waals surface area contributed by atoms with Crippen LogP contribution >= 0.6 is 0 Å². The van der Waals surface area contributed by atoms with Crippen molar-refractivity contribution in [2.75, 3.05) is 13.2 Å². The predicted octanol–water partition coefficient (Wildman–Crippen LogP) is 1.46. The van der Waals surface area contributed by atoms with Crippen LogP contribution in [0.3, 0.4) is 0 Å². The van der Waals surface area contributed by atoms with Crippen LogP contribution in [0.15, 0.2) is 24.3 Å². The molecule has 0 saturated heterocycles. The summed E-state index contributed by atoms with van der Waals surface area (Å²) in [6.45, 7) is 2.37. The third kappa shape index (κ3) is 4.26. The Morgan fingerprint density at radius 2 is 2.00 bits per heavy atom. The number of carboxylic acids is 1. The Labute approximate surface area is 117 Å². The summed E-state index contributed by atoms with van der Waals surface area (Å²) in [5.41, 5.74) is 1.08. The van der Waals surface area contributed by atoms with Crippen LogP contribution in [-0.2, 0) is 16.0 Å². The molecule has 0 bridgehead atoms. The monoisotopic (exact) mass is 277 g/mol. The quantitative estimate of drug-likeness (QED) is 0.791. The Kier molecular flexibility index (Phi) is 4.61. The highest BCUT2D eigenvalue weighted by Gasteiger charge is 2.38. The number of ether oxygens (including phenoxy) is 1. The lowest BCUT2D eigenvalue weighted by Crippen LogP contribution is -2.27. The first kappa shape index (κ1) is 14.4. The van der Waals surface area contributed by atoms with E-state index < -0.39 is 5.97 Å². The van der Waals surface area contributed by atoms with E-state index in [9.17, 15) is 9.59 Å². The van der Waals surface area contributed by atoms with E-state index in [-0.39, 0.29) is 18.4 Å². The third-order valence-corrected chi connectivity index (χ3v) is 3.44. The van der Waals surface area contributed by atoms with E-state index in [0.29, 0.717) is 18.2 Å². The standard InChI is InChI=1S/C15H19NO4/c1-10-8-13(10)15(19)16-7-6-11-2-4-12(5-3-11)20-9-14(17)18/h2-5,10,13H,6-9H2,1H3,(H,16,19)(H,17,18)/t10-,13-/m0/s1. The van der Waals surface area contributed by atoms with Crippen molar-refractivity contribution in [2.45, 2.75) is 19.8 Å². The Hall–Kier alpha value is -2.04. The topological polar surface area (TPSA) is 75.6 Å². The van der Waals surface area contributed by atoms with Gasteiger partial charge in [0.1, 0.15) is 5.75 Å². The van der Waals surface area contributed by atoms with Gasteiger partial charge in [-0.1, -0.05) is 19.1 Å². The van der Waals surface area contributed by atoms with Crippen LogP contribution in [0.1, 0.15) is 18.9 Å². The Balaban J connectivity index is 1.70. The molecule has 2 atom stereocenters. The molecule has 2 N–H and O–H groups in total. The van der Waals surface area contributed by atoms with Gasteiger partial charge in [0.25, 0.3) is 0 Å². The van der Waals surface area contributed by atoms with E-state index in [0.717, 1.165) is 18.4 Å². The van der Waals surface area contributed by atoms with Crippen LogP contribution in [0.4, 0.5) is 0 Å². The van der Waals surface area contributed by atoms with Crippen molar-refractivity contribution < 1.29 is 19.4 Å². The van der Waals surface area contributed by atoms with Gasteiger partial charge >= 0.3 is 5.97 Å². The fourth-order valence-corrected chi connectivity index (χ4v) is 2.05. The molecule has 1 aromatic carbocycles. The van der Waals surface area contributed by atoms with Crippen molar-refractivity contribution in [1.29, 1.82) is 0 Å². The molecule has 2 rings (SSSR count). The van der Waals surface area contributed by atoms with E-state index in [1.165, 1.54) is 0 Å². The largest absolute Gasteiger partial charge is 0.482 e. The molecular weight excluding hydrogens is 258 g/mol. The Morgan fingerprint density at radius 3 is 2.55 bits per heavy atom. The molecule has 1 amide bonds. The van der Waals surface area contributed by atoms with Crippen LogP contribution in [0, 0.1) is 11.8 Å². The average Bonchev–Trinajstić information content (AvgIpc) is 3.15. The van der Waals surface area contributed by atoms with Gasteiger partial charge in [0.05, 0.1) is 0 Å². The van der Waals surface area contributed by atoms with Gasteiger partial charge < -0.3 is 15.2 Å². The number of benzene rings is 1. The molecule has 0 aromatic heterocycles. The third-order valence-electron chi connectivity index (χ3n) is 3.44. The summed E-state index contributed by atoms with van der Waals surface area (Å²) in [7, 11) is 0. The van der Waals surface area contributed by atoms with E-state index >= 15 is 0 Å². The number of hydrogen-bond acceptors (Lipinski definition) is 3. The zero-order chi connectivity index (χ0) is 14.5. The summed E-state index contributed by atoms with van der Waals surface area (Å²) >= 11 is 0. The maximum atomic E-state index is 11.6. The van der Waals surface area contributed by atoms with E-state index in [2.05, 4.69) is 12.2 Å². The van der Waals surface area contributed by atoms with Crippen molar-refractivity contribution in [3.8, 4) is 5.75 Å². The zero-order valence-corrected chi connectivity index (χ0v) is 11.5. The lowest BCUT2D eigenvalue weighted by Gasteiger charge is -2.06. The minimum atomic E-state index is -0.994. The second kappa shape index (κ2) is 6.41. The highest BCUT2D eigenvalue weighted by Crippen LogP contribution is 2.37. The van der Waals surface area contributed by atoms with Gasteiger partial charge in [0, 0.05) is 12.5 Å². The van der Waals surface area contributed by atoms with Gasteiger partial charge in [-0.15, -0.1) is 0 Å². The van der Waals surface area contributed by atoms with Gasteiger partial charge in [-0.2, -0.15) is 0 Å². The minimum Gasteiger partial charge on any atom is -0.482 e. The van der Waals surface area contributed by atoms with Gasteiger partial charge in [-0.05, 0) is 36.5 Å². The maximum absolute atomic E-state index is 11.6. The van der Waals surface area contributed by atoms with Gasteiger partial charge in [-0.3, -0.25) is 4.79 Å². The lowest BCUT2D eigenvalue weighted by molar-refractivity contribution is -0.139. The predicted molar refractivity (Wildman–Crippen MR) is 73.6 cm³/mol. The first-order valence-electron chi connectivity index (χ1n) is 6.77. The minimum absolute atomic E-state index is 0.152. The Morgan fingerprint density at radius 1 is 1.35 bits per heavy atom. The molecule has 1 aliphatic carbocycles. The Bertz CT molecular complexity index is 483. The van der Waals surface area contributed by atoms with Crippen LogP contribution in [0.5, 0.6) is 5.75 Å². The molecule has 1 fully saturated rings. The number of amides is 1. The number of carboxylic acid groups (broad SMARTS) is 1. The van der Waals surface area contributed by atoms with Gasteiger partial charge in [-0.25, -0.2) is 4.79 Å². The molecule has 0 heterocycles. The van der Waals surface area contributed by atoms with Crippen molar-refractivity contribution in [2.24, 2.45) is 11.8 Å². The number of nitrogens with one attached hydrogen (secondary N) is 1. The first-order chi connectivity index (χ1) is 9.56. The molecule has 1 aliphatic rings. The molecule has 5 heteroatoms. The average molecular weight is 277 g/mol. The highest BCUT2D eigenvalue weighted by molar-refractivity contribution is 5.81. The summed E-state index contributed by atoms with van der Waals surface area (Å²) in [5.74, 6) is 0.430. The molecule has 5 nitrogen and oxygen atoms in total. The second-order valence-electron chi connectivity index (χ2n) is 5.19. The maximum Gasteiger partial charge on any atom is 0.341 e. The first-order valence-corrected chi connectivity index (χ1v) is 6.77. The lowest BCUT2D eigenvalue weighted by atomic mass is 10.1. The molecule has 1 aromatic rings. The van der Waals surface area contributed by atoms with Crippen LogP contribution < -0.4 is 10.1 Å². The molecule has 0 spiro atoms. The molecule has 1 saturated carbocycles. The highest BCUT2D eigenvalue weighted by atomic mass is 16.5. The molecule has 0 unspecified atom stereocenters. The normalized spacial score (nSPS) is 20.2. The van der Waals surface area contributed by atoms with E-state index in [1.807, 2.05) is 12.1 Å². The fourth-order valence-electron chi connectivity index (χ4n) is 2.05. The second-order valence-corrected chi connectivity index (χ2v) is 5.19. The molecule has 108 valence electrons. The summed E-state index contributed by atoms with van der Waals surface area (Å²) in [6.07, 6.45) is 1.76. The number of hydrogen-bond donors (Lipinski definition) is 2. The summed E-state index contributed by atoms with van der Waals surface area (Å²) in [5, 5.41) is 11.4. The molecule has 20 heavy (non-hydrogen) atoms. The fraction of sp³-hybridized carbons (Fsp3) is 0.467. The summed E-state index contributed by atoms with van der Waals surface area (Å²) in [4.78, 5) is 22.0.